The molecule has 6 nitrogen and oxygen atoms in total. The van der Waals surface area contributed by atoms with Gasteiger partial charge >= 0.3 is 0 Å². The van der Waals surface area contributed by atoms with Crippen LogP contribution in [0, 0.1) is 13.8 Å². The Labute approximate surface area is 178 Å². The summed E-state index contributed by atoms with van der Waals surface area (Å²) in [5, 5.41) is 7.18. The van der Waals surface area contributed by atoms with Crippen molar-refractivity contribution in [1.29, 1.82) is 0 Å². The average molecular weight is 413 g/mol. The van der Waals surface area contributed by atoms with E-state index in [4.69, 9.17) is 14.0 Å². The molecule has 162 valence electrons. The fourth-order valence-corrected chi connectivity index (χ4v) is 4.54. The summed E-state index contributed by atoms with van der Waals surface area (Å²) in [4.78, 5) is 12.9. The number of aryl methyl sites for hydroxylation is 2. The predicted octanol–water partition coefficient (Wildman–Crippen LogP) is 4.87. The second-order valence-corrected chi connectivity index (χ2v) is 8.56. The van der Waals surface area contributed by atoms with E-state index in [2.05, 4.69) is 10.5 Å². The van der Waals surface area contributed by atoms with E-state index in [1.807, 2.05) is 32.0 Å². The molecule has 4 rings (SSSR count). The summed E-state index contributed by atoms with van der Waals surface area (Å²) in [6.07, 6.45) is 9.64. The molecule has 1 amide bonds. The first-order valence-corrected chi connectivity index (χ1v) is 11.2. The van der Waals surface area contributed by atoms with Crippen molar-refractivity contribution in [2.45, 2.75) is 90.1 Å². The Bertz CT molecular complexity index is 837. The van der Waals surface area contributed by atoms with Gasteiger partial charge in [0.2, 0.25) is 0 Å². The summed E-state index contributed by atoms with van der Waals surface area (Å²) in [5.41, 5.74) is 2.38. The molecule has 2 saturated carbocycles. The lowest BCUT2D eigenvalue weighted by Gasteiger charge is -2.34. The Balaban J connectivity index is 1.37. The Morgan fingerprint density at radius 2 is 1.90 bits per heavy atom. The van der Waals surface area contributed by atoms with Crippen molar-refractivity contribution in [1.82, 2.24) is 10.5 Å². The highest BCUT2D eigenvalue weighted by Crippen LogP contribution is 2.28. The van der Waals surface area contributed by atoms with Crippen molar-refractivity contribution >= 4 is 5.91 Å². The van der Waals surface area contributed by atoms with Gasteiger partial charge in [0.1, 0.15) is 18.1 Å². The molecular weight excluding hydrogens is 380 g/mol. The summed E-state index contributed by atoms with van der Waals surface area (Å²) >= 11 is 0. The van der Waals surface area contributed by atoms with Crippen LogP contribution >= 0.6 is 0 Å². The van der Waals surface area contributed by atoms with E-state index in [-0.39, 0.29) is 18.1 Å². The van der Waals surface area contributed by atoms with Crippen LogP contribution in [0.15, 0.2) is 28.8 Å². The molecule has 2 aromatic rings. The summed E-state index contributed by atoms with van der Waals surface area (Å²) in [6.45, 7) is 4.14. The zero-order valence-corrected chi connectivity index (χ0v) is 18.0. The minimum Gasteiger partial charge on any atom is -0.489 e. The van der Waals surface area contributed by atoms with Gasteiger partial charge in [-0.2, -0.15) is 0 Å². The second kappa shape index (κ2) is 9.65. The quantitative estimate of drug-likeness (QED) is 0.702. The Morgan fingerprint density at radius 3 is 2.67 bits per heavy atom. The monoisotopic (exact) mass is 412 g/mol. The maximum absolute atomic E-state index is 12.9. The van der Waals surface area contributed by atoms with Gasteiger partial charge in [-0.05, 0) is 57.7 Å². The number of carbonyl (C=O) groups excluding carboxylic acids is 1. The SMILES string of the molecule is Cc1noc(C)c1COc1cccc(C(=O)NC2CCCCC2OC2CCCC2)c1. The van der Waals surface area contributed by atoms with E-state index in [0.29, 0.717) is 24.0 Å². The van der Waals surface area contributed by atoms with Crippen molar-refractivity contribution in [3.05, 3.63) is 46.8 Å². The van der Waals surface area contributed by atoms with Crippen molar-refractivity contribution < 1.29 is 18.8 Å². The highest BCUT2D eigenvalue weighted by atomic mass is 16.5. The molecule has 0 aliphatic heterocycles. The maximum Gasteiger partial charge on any atom is 0.251 e. The topological polar surface area (TPSA) is 73.6 Å². The van der Waals surface area contributed by atoms with Crippen LogP contribution in [-0.2, 0) is 11.3 Å². The number of amides is 1. The van der Waals surface area contributed by atoms with Crippen molar-refractivity contribution in [3.8, 4) is 5.75 Å². The van der Waals surface area contributed by atoms with Gasteiger partial charge in [0.05, 0.1) is 29.5 Å². The van der Waals surface area contributed by atoms with Gasteiger partial charge in [0.15, 0.2) is 0 Å². The largest absolute Gasteiger partial charge is 0.489 e. The van der Waals surface area contributed by atoms with Gasteiger partial charge < -0.3 is 19.3 Å². The third kappa shape index (κ3) is 5.04. The van der Waals surface area contributed by atoms with E-state index >= 15 is 0 Å². The molecule has 6 heteroatoms. The number of hydrogen-bond donors (Lipinski definition) is 1. The number of ether oxygens (including phenoxy) is 2. The standard InChI is InChI=1S/C24H32N2O4/c1-16-21(17(2)30-26-16)15-28-20-11-7-8-18(14-20)24(27)25-22-12-5-6-13-23(22)29-19-9-3-4-10-19/h7-8,11,14,19,22-23H,3-6,9-10,12-13,15H2,1-2H3,(H,25,27). The maximum atomic E-state index is 12.9. The molecule has 1 aromatic carbocycles. The number of aromatic nitrogens is 1. The highest BCUT2D eigenvalue weighted by Gasteiger charge is 2.30. The fraction of sp³-hybridized carbons (Fsp3) is 0.583. The molecule has 1 N–H and O–H groups in total. The van der Waals surface area contributed by atoms with Gasteiger partial charge in [-0.1, -0.05) is 36.9 Å². The van der Waals surface area contributed by atoms with Crippen LogP contribution in [0.5, 0.6) is 5.75 Å². The zero-order chi connectivity index (χ0) is 20.9. The number of nitrogens with zero attached hydrogens (tertiary/aromatic N) is 1. The molecular formula is C24H32N2O4. The first-order chi connectivity index (χ1) is 14.6. The molecule has 2 aliphatic rings. The molecule has 30 heavy (non-hydrogen) atoms. The normalized spacial score (nSPS) is 22.2. The fourth-order valence-electron chi connectivity index (χ4n) is 4.54. The third-order valence-electron chi connectivity index (χ3n) is 6.35. The van der Waals surface area contributed by atoms with E-state index in [1.54, 1.807) is 6.07 Å². The van der Waals surface area contributed by atoms with Gasteiger partial charge in [0.25, 0.3) is 5.91 Å². The molecule has 2 atom stereocenters. The van der Waals surface area contributed by atoms with Gasteiger partial charge in [0, 0.05) is 5.56 Å². The number of hydrogen-bond acceptors (Lipinski definition) is 5. The van der Waals surface area contributed by atoms with Gasteiger partial charge in [-0.15, -0.1) is 0 Å². The van der Waals surface area contributed by atoms with E-state index < -0.39 is 0 Å². The molecule has 0 spiro atoms. The minimum absolute atomic E-state index is 0.0651. The lowest BCUT2D eigenvalue weighted by atomic mass is 9.92. The number of carbonyl (C=O) groups is 1. The van der Waals surface area contributed by atoms with E-state index in [0.717, 1.165) is 49.1 Å². The Kier molecular flexibility index (Phi) is 6.72. The van der Waals surface area contributed by atoms with Crippen molar-refractivity contribution in [3.63, 3.8) is 0 Å². The zero-order valence-electron chi connectivity index (χ0n) is 18.0. The van der Waals surface area contributed by atoms with Crippen LogP contribution in [0.25, 0.3) is 0 Å². The second-order valence-electron chi connectivity index (χ2n) is 8.56. The summed E-state index contributed by atoms with van der Waals surface area (Å²) in [7, 11) is 0. The van der Waals surface area contributed by atoms with Crippen LogP contribution in [0.1, 0.15) is 78.7 Å². The Morgan fingerprint density at radius 1 is 1.13 bits per heavy atom. The highest BCUT2D eigenvalue weighted by molar-refractivity contribution is 5.94. The lowest BCUT2D eigenvalue weighted by molar-refractivity contribution is -0.0419. The molecule has 0 radical (unpaired) electrons. The summed E-state index contributed by atoms with van der Waals surface area (Å²) in [5.74, 6) is 1.35. The Hall–Kier alpha value is -2.34. The molecule has 2 aliphatic carbocycles. The van der Waals surface area contributed by atoms with Crippen LogP contribution in [0.3, 0.4) is 0 Å². The van der Waals surface area contributed by atoms with Crippen LogP contribution in [0.2, 0.25) is 0 Å². The van der Waals surface area contributed by atoms with Crippen LogP contribution in [-0.4, -0.2) is 29.3 Å². The first-order valence-electron chi connectivity index (χ1n) is 11.2. The lowest BCUT2D eigenvalue weighted by Crippen LogP contribution is -2.47. The van der Waals surface area contributed by atoms with Crippen LogP contribution in [0.4, 0.5) is 0 Å². The van der Waals surface area contributed by atoms with Crippen LogP contribution < -0.4 is 10.1 Å². The number of rotatable bonds is 7. The number of nitrogens with one attached hydrogen (secondary N) is 1. The van der Waals surface area contributed by atoms with Gasteiger partial charge in [-0.3, -0.25) is 4.79 Å². The molecule has 1 aromatic heterocycles. The van der Waals surface area contributed by atoms with Crippen molar-refractivity contribution in [2.24, 2.45) is 0 Å². The van der Waals surface area contributed by atoms with Gasteiger partial charge in [-0.25, -0.2) is 0 Å². The smallest absolute Gasteiger partial charge is 0.251 e. The molecule has 2 unspecified atom stereocenters. The summed E-state index contributed by atoms with van der Waals surface area (Å²) < 4.78 is 17.5. The predicted molar refractivity (Wildman–Crippen MR) is 114 cm³/mol. The number of benzene rings is 1. The van der Waals surface area contributed by atoms with E-state index in [1.165, 1.54) is 19.3 Å². The molecule has 1 heterocycles. The minimum atomic E-state index is -0.0651. The average Bonchev–Trinajstić information content (AvgIpc) is 3.38. The summed E-state index contributed by atoms with van der Waals surface area (Å²) in [6, 6.07) is 7.42. The molecule has 0 saturated heterocycles. The molecule has 0 bridgehead atoms. The first kappa shape index (κ1) is 20.9. The van der Waals surface area contributed by atoms with E-state index in [9.17, 15) is 4.79 Å². The third-order valence-corrected chi connectivity index (χ3v) is 6.35. The van der Waals surface area contributed by atoms with Crippen molar-refractivity contribution in [2.75, 3.05) is 0 Å². The molecule has 2 fully saturated rings.